The molecule has 0 unspecified atom stereocenters. The zero-order chi connectivity index (χ0) is 12.1. The summed E-state index contributed by atoms with van der Waals surface area (Å²) in [7, 11) is 0. The first-order valence-electron chi connectivity index (χ1n) is 6.60. The van der Waals surface area contributed by atoms with Gasteiger partial charge in [0, 0.05) is 17.7 Å². The van der Waals surface area contributed by atoms with Crippen LogP contribution in [0.25, 0.3) is 0 Å². The van der Waals surface area contributed by atoms with E-state index in [0.29, 0.717) is 12.5 Å². The third-order valence-corrected chi connectivity index (χ3v) is 3.44. The Balaban J connectivity index is 2.15. The van der Waals surface area contributed by atoms with Crippen LogP contribution in [0.3, 0.4) is 0 Å². The molecule has 2 rings (SSSR count). The molecule has 0 spiro atoms. The second kappa shape index (κ2) is 5.96. The number of nitrogens with zero attached hydrogens (tertiary/aromatic N) is 1. The molecule has 1 saturated carbocycles. The second-order valence-corrected chi connectivity index (χ2v) is 4.85. The highest BCUT2D eigenvalue weighted by molar-refractivity contribution is 5.07. The van der Waals surface area contributed by atoms with Crippen molar-refractivity contribution in [3.8, 4) is 0 Å². The highest BCUT2D eigenvalue weighted by atomic mass is 16.1. The molecule has 0 bridgehead atoms. The Morgan fingerprint density at radius 3 is 2.82 bits per heavy atom. The van der Waals surface area contributed by atoms with Crippen molar-refractivity contribution >= 4 is 0 Å². The molecule has 1 aromatic rings. The van der Waals surface area contributed by atoms with Crippen LogP contribution in [-0.4, -0.2) is 16.5 Å². The molecule has 1 fully saturated rings. The summed E-state index contributed by atoms with van der Waals surface area (Å²) in [4.78, 5) is 19.1. The van der Waals surface area contributed by atoms with E-state index >= 15 is 0 Å². The predicted molar refractivity (Wildman–Crippen MR) is 68.1 cm³/mol. The van der Waals surface area contributed by atoms with Crippen molar-refractivity contribution < 1.29 is 0 Å². The average molecular weight is 235 g/mol. The number of aryl methyl sites for hydroxylation is 1. The predicted octanol–water partition coefficient (Wildman–Crippen LogP) is 1.71. The first-order valence-corrected chi connectivity index (χ1v) is 6.60. The van der Waals surface area contributed by atoms with E-state index in [2.05, 4.69) is 9.97 Å². The maximum atomic E-state index is 11.6. The summed E-state index contributed by atoms with van der Waals surface area (Å²) in [6.45, 7) is 0.646. The molecule has 17 heavy (non-hydrogen) atoms. The number of hydrogen-bond acceptors (Lipinski definition) is 3. The standard InChI is InChI=1S/C13H21N3O/c14-8-4-7-11-9-12(17)16-13(15-11)10-5-2-1-3-6-10/h9-10H,1-8,14H2,(H,15,16,17). The van der Waals surface area contributed by atoms with Crippen LogP contribution in [0, 0.1) is 0 Å². The van der Waals surface area contributed by atoms with E-state index in [-0.39, 0.29) is 5.56 Å². The average Bonchev–Trinajstić information content (AvgIpc) is 2.37. The summed E-state index contributed by atoms with van der Waals surface area (Å²) >= 11 is 0. The SMILES string of the molecule is NCCCc1cc(=O)[nH]c(C2CCCCC2)n1. The molecule has 1 aliphatic carbocycles. The van der Waals surface area contributed by atoms with Gasteiger partial charge in [0.2, 0.25) is 0 Å². The summed E-state index contributed by atoms with van der Waals surface area (Å²) in [6, 6.07) is 1.60. The third-order valence-electron chi connectivity index (χ3n) is 3.44. The van der Waals surface area contributed by atoms with Crippen molar-refractivity contribution in [2.24, 2.45) is 5.73 Å². The van der Waals surface area contributed by atoms with E-state index in [1.807, 2.05) is 0 Å². The number of H-pyrrole nitrogens is 1. The molecule has 3 N–H and O–H groups in total. The van der Waals surface area contributed by atoms with Gasteiger partial charge in [0.25, 0.3) is 5.56 Å². The Labute approximate surface area is 102 Å². The third kappa shape index (κ3) is 3.40. The smallest absolute Gasteiger partial charge is 0.251 e. The molecule has 1 aromatic heterocycles. The van der Waals surface area contributed by atoms with Crippen molar-refractivity contribution in [3.63, 3.8) is 0 Å². The van der Waals surface area contributed by atoms with E-state index in [4.69, 9.17) is 5.73 Å². The summed E-state index contributed by atoms with van der Waals surface area (Å²) in [6.07, 6.45) is 7.82. The molecule has 0 atom stereocenters. The topological polar surface area (TPSA) is 71.8 Å². The Hall–Kier alpha value is -1.16. The van der Waals surface area contributed by atoms with Crippen LogP contribution in [0.4, 0.5) is 0 Å². The first-order chi connectivity index (χ1) is 8.29. The quantitative estimate of drug-likeness (QED) is 0.834. The largest absolute Gasteiger partial charge is 0.330 e. The van der Waals surface area contributed by atoms with Crippen molar-refractivity contribution in [2.45, 2.75) is 50.9 Å². The molecule has 0 radical (unpaired) electrons. The van der Waals surface area contributed by atoms with Gasteiger partial charge in [-0.25, -0.2) is 4.98 Å². The van der Waals surface area contributed by atoms with Crippen molar-refractivity contribution in [1.29, 1.82) is 0 Å². The van der Waals surface area contributed by atoms with Gasteiger partial charge in [-0.05, 0) is 32.2 Å². The lowest BCUT2D eigenvalue weighted by Crippen LogP contribution is -2.17. The molecule has 94 valence electrons. The Morgan fingerprint density at radius 1 is 1.35 bits per heavy atom. The monoisotopic (exact) mass is 235 g/mol. The maximum absolute atomic E-state index is 11.6. The van der Waals surface area contributed by atoms with Crippen LogP contribution < -0.4 is 11.3 Å². The number of nitrogens with two attached hydrogens (primary N) is 1. The Bertz CT molecular complexity index is 407. The number of rotatable bonds is 4. The molecule has 1 heterocycles. The number of aromatic amines is 1. The summed E-state index contributed by atoms with van der Waals surface area (Å²) < 4.78 is 0. The zero-order valence-corrected chi connectivity index (χ0v) is 10.2. The van der Waals surface area contributed by atoms with Gasteiger partial charge in [-0.2, -0.15) is 0 Å². The van der Waals surface area contributed by atoms with Gasteiger partial charge in [0.1, 0.15) is 5.82 Å². The second-order valence-electron chi connectivity index (χ2n) is 4.85. The zero-order valence-electron chi connectivity index (χ0n) is 10.2. The highest BCUT2D eigenvalue weighted by Gasteiger charge is 2.18. The lowest BCUT2D eigenvalue weighted by Gasteiger charge is -2.20. The summed E-state index contributed by atoms with van der Waals surface area (Å²) in [5.41, 5.74) is 6.35. The van der Waals surface area contributed by atoms with Gasteiger partial charge in [0.05, 0.1) is 0 Å². The van der Waals surface area contributed by atoms with Crippen molar-refractivity contribution in [3.05, 3.63) is 27.9 Å². The molecule has 0 amide bonds. The molecule has 0 aliphatic heterocycles. The van der Waals surface area contributed by atoms with Crippen LogP contribution in [0.1, 0.15) is 56.0 Å². The molecule has 0 saturated heterocycles. The minimum atomic E-state index is -0.0207. The highest BCUT2D eigenvalue weighted by Crippen LogP contribution is 2.30. The normalized spacial score (nSPS) is 17.2. The van der Waals surface area contributed by atoms with Gasteiger partial charge >= 0.3 is 0 Å². The summed E-state index contributed by atoms with van der Waals surface area (Å²) in [5.74, 6) is 1.35. The first kappa shape index (κ1) is 12.3. The van der Waals surface area contributed by atoms with Crippen LogP contribution in [0.5, 0.6) is 0 Å². The molecular formula is C13H21N3O. The van der Waals surface area contributed by atoms with E-state index in [1.165, 1.54) is 19.3 Å². The van der Waals surface area contributed by atoms with Crippen LogP contribution in [0.15, 0.2) is 10.9 Å². The lowest BCUT2D eigenvalue weighted by molar-refractivity contribution is 0.426. The van der Waals surface area contributed by atoms with Crippen molar-refractivity contribution in [1.82, 2.24) is 9.97 Å². The number of aromatic nitrogens is 2. The van der Waals surface area contributed by atoms with Crippen LogP contribution in [-0.2, 0) is 6.42 Å². The minimum absolute atomic E-state index is 0.0207. The van der Waals surface area contributed by atoms with Gasteiger partial charge < -0.3 is 10.7 Å². The van der Waals surface area contributed by atoms with Crippen molar-refractivity contribution in [2.75, 3.05) is 6.54 Å². The van der Waals surface area contributed by atoms with Gasteiger partial charge in [-0.3, -0.25) is 4.79 Å². The van der Waals surface area contributed by atoms with E-state index < -0.39 is 0 Å². The van der Waals surface area contributed by atoms with E-state index in [0.717, 1.165) is 37.2 Å². The van der Waals surface area contributed by atoms with E-state index in [9.17, 15) is 4.79 Å². The molecular weight excluding hydrogens is 214 g/mol. The van der Waals surface area contributed by atoms with Crippen LogP contribution in [0.2, 0.25) is 0 Å². The number of nitrogens with one attached hydrogen (secondary N) is 1. The lowest BCUT2D eigenvalue weighted by atomic mass is 9.88. The minimum Gasteiger partial charge on any atom is -0.330 e. The Kier molecular flexibility index (Phi) is 4.31. The Morgan fingerprint density at radius 2 is 2.12 bits per heavy atom. The van der Waals surface area contributed by atoms with Gasteiger partial charge in [0.15, 0.2) is 0 Å². The van der Waals surface area contributed by atoms with Gasteiger partial charge in [-0.1, -0.05) is 19.3 Å². The molecule has 4 nitrogen and oxygen atoms in total. The van der Waals surface area contributed by atoms with E-state index in [1.54, 1.807) is 6.07 Å². The maximum Gasteiger partial charge on any atom is 0.251 e. The fourth-order valence-corrected chi connectivity index (χ4v) is 2.51. The molecule has 1 aliphatic rings. The fraction of sp³-hybridized carbons (Fsp3) is 0.692. The number of hydrogen-bond donors (Lipinski definition) is 2. The molecule has 0 aromatic carbocycles. The summed E-state index contributed by atoms with van der Waals surface area (Å²) in [5, 5.41) is 0. The fourth-order valence-electron chi connectivity index (χ4n) is 2.51. The molecule has 4 heteroatoms. The van der Waals surface area contributed by atoms with Crippen LogP contribution >= 0.6 is 0 Å². The van der Waals surface area contributed by atoms with Gasteiger partial charge in [-0.15, -0.1) is 0 Å².